The molecule has 0 heterocycles. The lowest BCUT2D eigenvalue weighted by Gasteiger charge is -2.09. The summed E-state index contributed by atoms with van der Waals surface area (Å²) >= 11 is 0. The smallest absolute Gasteiger partial charge is 0.221 e. The fraction of sp³-hybridized carbons (Fsp3) is 0.308. The van der Waals surface area contributed by atoms with Crippen molar-refractivity contribution >= 4 is 11.6 Å². The average molecular weight is 251 g/mol. The topological polar surface area (TPSA) is 56.8 Å². The highest BCUT2D eigenvalue weighted by Crippen LogP contribution is 2.17. The number of carbonyl (C=O) groups excluding carboxylic acids is 1. The van der Waals surface area contributed by atoms with Crippen molar-refractivity contribution in [3.8, 4) is 5.75 Å². The number of nitrogens with one attached hydrogen (secondary N) is 1. The lowest BCUT2D eigenvalue weighted by Crippen LogP contribution is -2.18. The second-order valence-electron chi connectivity index (χ2n) is 3.51. The zero-order chi connectivity index (χ0) is 13.4. The standard InChI is InChI=1S/C13H17NO4/c1-10(15)14-13(8-18-9-16-2)11-4-6-12(17-3)7-5-11/h4-8H,9H2,1-3H3,(H,14,15). The van der Waals surface area contributed by atoms with Crippen molar-refractivity contribution in [3.63, 3.8) is 0 Å². The van der Waals surface area contributed by atoms with Crippen LogP contribution < -0.4 is 10.1 Å². The molecule has 0 atom stereocenters. The van der Waals surface area contributed by atoms with E-state index < -0.39 is 0 Å². The quantitative estimate of drug-likeness (QED) is 0.475. The van der Waals surface area contributed by atoms with Gasteiger partial charge in [0.05, 0.1) is 12.8 Å². The Morgan fingerprint density at radius 3 is 2.44 bits per heavy atom. The molecule has 1 rings (SSSR count). The first-order valence-corrected chi connectivity index (χ1v) is 5.40. The van der Waals surface area contributed by atoms with E-state index in [1.54, 1.807) is 19.2 Å². The van der Waals surface area contributed by atoms with Gasteiger partial charge in [-0.3, -0.25) is 4.79 Å². The Morgan fingerprint density at radius 1 is 1.28 bits per heavy atom. The Morgan fingerprint density at radius 2 is 1.94 bits per heavy atom. The van der Waals surface area contributed by atoms with E-state index in [2.05, 4.69) is 5.32 Å². The molecule has 1 aromatic rings. The molecule has 0 aliphatic rings. The number of carbonyl (C=O) groups is 1. The van der Waals surface area contributed by atoms with Crippen LogP contribution in [-0.2, 0) is 14.3 Å². The van der Waals surface area contributed by atoms with Gasteiger partial charge in [0.25, 0.3) is 0 Å². The molecule has 0 saturated carbocycles. The summed E-state index contributed by atoms with van der Waals surface area (Å²) in [5.74, 6) is 0.580. The molecule has 0 aliphatic heterocycles. The zero-order valence-corrected chi connectivity index (χ0v) is 10.7. The highest BCUT2D eigenvalue weighted by molar-refractivity contribution is 5.84. The molecule has 0 aliphatic carbocycles. The molecule has 0 unspecified atom stereocenters. The van der Waals surface area contributed by atoms with Crippen LogP contribution in [0.2, 0.25) is 0 Å². The van der Waals surface area contributed by atoms with Crippen molar-refractivity contribution < 1.29 is 19.0 Å². The first kappa shape index (κ1) is 14.1. The van der Waals surface area contributed by atoms with Gasteiger partial charge in [-0.1, -0.05) is 0 Å². The van der Waals surface area contributed by atoms with Crippen molar-refractivity contribution in [3.05, 3.63) is 36.1 Å². The van der Waals surface area contributed by atoms with Crippen LogP contribution in [0.5, 0.6) is 5.75 Å². The van der Waals surface area contributed by atoms with E-state index in [-0.39, 0.29) is 12.7 Å². The van der Waals surface area contributed by atoms with Crippen molar-refractivity contribution in [2.75, 3.05) is 21.0 Å². The Kier molecular flexibility index (Phi) is 5.73. The molecule has 0 saturated heterocycles. The van der Waals surface area contributed by atoms with Gasteiger partial charge in [0, 0.05) is 19.6 Å². The number of ether oxygens (including phenoxy) is 3. The highest BCUT2D eigenvalue weighted by Gasteiger charge is 2.04. The van der Waals surface area contributed by atoms with Gasteiger partial charge in [0.2, 0.25) is 5.91 Å². The van der Waals surface area contributed by atoms with Crippen molar-refractivity contribution in [1.29, 1.82) is 0 Å². The first-order chi connectivity index (χ1) is 8.67. The molecule has 0 radical (unpaired) electrons. The van der Waals surface area contributed by atoms with Gasteiger partial charge in [-0.2, -0.15) is 0 Å². The van der Waals surface area contributed by atoms with Crippen LogP contribution in [0.15, 0.2) is 30.5 Å². The third kappa shape index (κ3) is 4.47. The summed E-state index contributed by atoms with van der Waals surface area (Å²) in [4.78, 5) is 11.1. The molecule has 18 heavy (non-hydrogen) atoms. The Labute approximate surface area is 106 Å². The Bertz CT molecular complexity index is 412. The lowest BCUT2D eigenvalue weighted by atomic mass is 10.1. The average Bonchev–Trinajstić information content (AvgIpc) is 2.37. The van der Waals surface area contributed by atoms with Crippen LogP contribution in [-0.4, -0.2) is 26.9 Å². The maximum atomic E-state index is 11.1. The van der Waals surface area contributed by atoms with E-state index >= 15 is 0 Å². The van der Waals surface area contributed by atoms with Crippen LogP contribution in [0.1, 0.15) is 12.5 Å². The van der Waals surface area contributed by atoms with Gasteiger partial charge in [0.1, 0.15) is 12.0 Å². The summed E-state index contributed by atoms with van der Waals surface area (Å²) in [5, 5.41) is 2.69. The predicted octanol–water partition coefficient (Wildman–Crippen LogP) is 1.75. The molecule has 1 aromatic carbocycles. The van der Waals surface area contributed by atoms with Gasteiger partial charge >= 0.3 is 0 Å². The Hall–Kier alpha value is -2.01. The Balaban J connectivity index is 2.86. The van der Waals surface area contributed by atoms with Gasteiger partial charge < -0.3 is 19.5 Å². The molecule has 98 valence electrons. The second-order valence-corrected chi connectivity index (χ2v) is 3.51. The van der Waals surface area contributed by atoms with E-state index in [9.17, 15) is 4.79 Å². The summed E-state index contributed by atoms with van der Waals surface area (Å²) in [6.45, 7) is 1.56. The van der Waals surface area contributed by atoms with Crippen LogP contribution in [0.3, 0.4) is 0 Å². The summed E-state index contributed by atoms with van der Waals surface area (Å²) < 4.78 is 15.0. The minimum atomic E-state index is -0.168. The largest absolute Gasteiger partial charge is 0.497 e. The SMILES string of the molecule is COCOC=C(NC(C)=O)c1ccc(OC)cc1. The maximum absolute atomic E-state index is 11.1. The number of hydrogen-bond acceptors (Lipinski definition) is 4. The van der Waals surface area contributed by atoms with E-state index in [4.69, 9.17) is 14.2 Å². The van der Waals surface area contributed by atoms with Crippen LogP contribution in [0, 0.1) is 0 Å². The summed E-state index contributed by atoms with van der Waals surface area (Å²) in [5.41, 5.74) is 1.39. The molecule has 0 spiro atoms. The maximum Gasteiger partial charge on any atom is 0.221 e. The number of rotatable bonds is 6. The summed E-state index contributed by atoms with van der Waals surface area (Å²) in [6.07, 6.45) is 1.45. The van der Waals surface area contributed by atoms with Crippen LogP contribution in [0.25, 0.3) is 5.70 Å². The van der Waals surface area contributed by atoms with Crippen molar-refractivity contribution in [1.82, 2.24) is 5.32 Å². The van der Waals surface area contributed by atoms with Crippen molar-refractivity contribution in [2.24, 2.45) is 0 Å². The third-order valence-electron chi connectivity index (χ3n) is 2.10. The molecular weight excluding hydrogens is 234 g/mol. The first-order valence-electron chi connectivity index (χ1n) is 5.40. The monoisotopic (exact) mass is 251 g/mol. The third-order valence-corrected chi connectivity index (χ3v) is 2.10. The van der Waals surface area contributed by atoms with Gasteiger partial charge in [-0.15, -0.1) is 0 Å². The van der Waals surface area contributed by atoms with E-state index in [0.717, 1.165) is 11.3 Å². The van der Waals surface area contributed by atoms with Gasteiger partial charge in [0.15, 0.2) is 6.79 Å². The molecule has 5 heteroatoms. The fourth-order valence-electron chi connectivity index (χ4n) is 1.32. The highest BCUT2D eigenvalue weighted by atomic mass is 16.7. The van der Waals surface area contributed by atoms with E-state index in [1.165, 1.54) is 20.3 Å². The number of benzene rings is 1. The second kappa shape index (κ2) is 7.34. The molecule has 0 fully saturated rings. The van der Waals surface area contributed by atoms with Gasteiger partial charge in [-0.05, 0) is 24.3 Å². The molecule has 1 N–H and O–H groups in total. The fourth-order valence-corrected chi connectivity index (χ4v) is 1.32. The van der Waals surface area contributed by atoms with Gasteiger partial charge in [-0.25, -0.2) is 0 Å². The summed E-state index contributed by atoms with van der Waals surface area (Å²) in [6, 6.07) is 7.27. The summed E-state index contributed by atoms with van der Waals surface area (Å²) in [7, 11) is 3.13. The predicted molar refractivity (Wildman–Crippen MR) is 67.7 cm³/mol. The number of methoxy groups -OCH3 is 2. The zero-order valence-electron chi connectivity index (χ0n) is 10.7. The van der Waals surface area contributed by atoms with E-state index in [0.29, 0.717) is 5.70 Å². The molecule has 1 amide bonds. The van der Waals surface area contributed by atoms with Crippen LogP contribution in [0.4, 0.5) is 0 Å². The minimum absolute atomic E-state index is 0.124. The molecule has 0 bridgehead atoms. The van der Waals surface area contributed by atoms with Crippen molar-refractivity contribution in [2.45, 2.75) is 6.92 Å². The normalized spacial score (nSPS) is 10.9. The number of amides is 1. The van der Waals surface area contributed by atoms with E-state index in [1.807, 2.05) is 12.1 Å². The molecule has 5 nitrogen and oxygen atoms in total. The molecule has 0 aromatic heterocycles. The molecular formula is C13H17NO4. The lowest BCUT2D eigenvalue weighted by molar-refractivity contribution is -0.117. The number of hydrogen-bond donors (Lipinski definition) is 1. The minimum Gasteiger partial charge on any atom is -0.497 e. The van der Waals surface area contributed by atoms with Crippen LogP contribution >= 0.6 is 0 Å².